The van der Waals surface area contributed by atoms with Crippen LogP contribution >= 0.6 is 11.6 Å². The van der Waals surface area contributed by atoms with Gasteiger partial charge in [0.05, 0.1) is 6.04 Å². The number of hydrogen-bond donors (Lipinski definition) is 2. The van der Waals surface area contributed by atoms with E-state index in [2.05, 4.69) is 53.7 Å². The molecule has 1 saturated carbocycles. The number of nitrogens with one attached hydrogen (secondary N) is 2. The lowest BCUT2D eigenvalue weighted by molar-refractivity contribution is 0.298. The zero-order valence-corrected chi connectivity index (χ0v) is 14.0. The number of rotatable bonds is 5. The number of hydrogen-bond acceptors (Lipinski definition) is 2. The first-order valence-electron chi connectivity index (χ1n) is 7.40. The average molecular weight is 309 g/mol. The maximum absolute atomic E-state index is 5.97. The summed E-state index contributed by atoms with van der Waals surface area (Å²) in [6.07, 6.45) is 1.23. The molecule has 3 atom stereocenters. The van der Waals surface area contributed by atoms with Crippen molar-refractivity contribution in [1.82, 2.24) is 15.5 Å². The minimum absolute atomic E-state index is 0.275. The zero-order valence-electron chi connectivity index (χ0n) is 13.2. The summed E-state index contributed by atoms with van der Waals surface area (Å²) in [5.41, 5.74) is 1.24. The Balaban J connectivity index is 1.94. The van der Waals surface area contributed by atoms with Crippen molar-refractivity contribution < 1.29 is 0 Å². The van der Waals surface area contributed by atoms with Crippen LogP contribution in [-0.2, 0) is 0 Å². The van der Waals surface area contributed by atoms with Crippen LogP contribution in [0.2, 0.25) is 5.02 Å². The van der Waals surface area contributed by atoms with Gasteiger partial charge in [-0.1, -0.05) is 30.7 Å². The minimum atomic E-state index is 0.275. The smallest absolute Gasteiger partial charge is 0.191 e. The molecule has 21 heavy (non-hydrogen) atoms. The van der Waals surface area contributed by atoms with Crippen molar-refractivity contribution in [2.45, 2.75) is 25.4 Å². The number of halogens is 1. The van der Waals surface area contributed by atoms with Crippen molar-refractivity contribution in [3.05, 3.63) is 34.9 Å². The number of likely N-dealkylation sites (N-methyl/N-ethyl adjacent to an activating group) is 1. The lowest BCUT2D eigenvalue weighted by Gasteiger charge is -2.26. The lowest BCUT2D eigenvalue weighted by atomic mass is 10.1. The van der Waals surface area contributed by atoms with Crippen LogP contribution in [0.5, 0.6) is 0 Å². The van der Waals surface area contributed by atoms with Crippen LogP contribution in [0.1, 0.15) is 24.9 Å². The largest absolute Gasteiger partial charge is 0.354 e. The molecule has 116 valence electrons. The van der Waals surface area contributed by atoms with Crippen molar-refractivity contribution >= 4 is 17.6 Å². The highest BCUT2D eigenvalue weighted by molar-refractivity contribution is 6.30. The molecule has 0 radical (unpaired) electrons. The maximum Gasteiger partial charge on any atom is 0.191 e. The molecule has 2 rings (SSSR count). The van der Waals surface area contributed by atoms with E-state index in [4.69, 9.17) is 11.6 Å². The van der Waals surface area contributed by atoms with Gasteiger partial charge < -0.3 is 15.5 Å². The molecular weight excluding hydrogens is 284 g/mol. The third-order valence-corrected chi connectivity index (χ3v) is 4.25. The van der Waals surface area contributed by atoms with E-state index in [-0.39, 0.29) is 6.04 Å². The molecule has 1 aromatic carbocycles. The first kappa shape index (κ1) is 16.1. The van der Waals surface area contributed by atoms with Gasteiger partial charge in [-0.05, 0) is 44.1 Å². The Bertz CT molecular complexity index is 484. The Labute approximate surface area is 132 Å². The number of benzene rings is 1. The van der Waals surface area contributed by atoms with Gasteiger partial charge in [-0.15, -0.1) is 0 Å². The van der Waals surface area contributed by atoms with E-state index in [1.807, 2.05) is 19.2 Å². The van der Waals surface area contributed by atoms with E-state index in [0.717, 1.165) is 23.4 Å². The van der Waals surface area contributed by atoms with Gasteiger partial charge >= 0.3 is 0 Å². The molecule has 4 nitrogen and oxygen atoms in total. The molecular formula is C16H25ClN4. The first-order valence-corrected chi connectivity index (χ1v) is 7.78. The fraction of sp³-hybridized carbons (Fsp3) is 0.562. The van der Waals surface area contributed by atoms with Crippen LogP contribution in [-0.4, -0.2) is 44.6 Å². The van der Waals surface area contributed by atoms with Crippen LogP contribution < -0.4 is 10.6 Å². The van der Waals surface area contributed by atoms with Crippen molar-refractivity contribution in [3.8, 4) is 0 Å². The Hall–Kier alpha value is -1.26. The quantitative estimate of drug-likeness (QED) is 0.648. The molecule has 1 aromatic rings. The van der Waals surface area contributed by atoms with Gasteiger partial charge in [-0.3, -0.25) is 4.99 Å². The Morgan fingerprint density at radius 3 is 2.48 bits per heavy atom. The van der Waals surface area contributed by atoms with Gasteiger partial charge in [0.1, 0.15) is 0 Å². The maximum atomic E-state index is 5.97. The number of nitrogens with zero attached hydrogens (tertiary/aromatic N) is 2. The molecule has 1 aliphatic carbocycles. The van der Waals surface area contributed by atoms with E-state index in [1.165, 1.54) is 12.0 Å². The molecule has 1 aliphatic rings. The van der Waals surface area contributed by atoms with Gasteiger partial charge in [-0.2, -0.15) is 0 Å². The Kier molecular flexibility index (Phi) is 5.48. The Morgan fingerprint density at radius 2 is 2.00 bits per heavy atom. The average Bonchev–Trinajstić information content (AvgIpc) is 3.14. The van der Waals surface area contributed by atoms with Gasteiger partial charge in [0, 0.05) is 24.7 Å². The summed E-state index contributed by atoms with van der Waals surface area (Å²) < 4.78 is 0. The van der Waals surface area contributed by atoms with Crippen LogP contribution in [0.3, 0.4) is 0 Å². The second-order valence-electron chi connectivity index (χ2n) is 5.95. The monoisotopic (exact) mass is 308 g/mol. The molecule has 0 aliphatic heterocycles. The molecule has 3 unspecified atom stereocenters. The standard InChI is InChI=1S/C16H25ClN4/c1-11-9-14(11)20-16(18-2)19-10-15(21(3)4)12-5-7-13(17)8-6-12/h5-8,11,14-15H,9-10H2,1-4H3,(H2,18,19,20). The Morgan fingerprint density at radius 1 is 1.38 bits per heavy atom. The molecule has 0 heterocycles. The highest BCUT2D eigenvalue weighted by Crippen LogP contribution is 2.28. The van der Waals surface area contributed by atoms with Gasteiger partial charge in [0.25, 0.3) is 0 Å². The van der Waals surface area contributed by atoms with E-state index in [1.54, 1.807) is 0 Å². The summed E-state index contributed by atoms with van der Waals surface area (Å²) >= 11 is 5.97. The van der Waals surface area contributed by atoms with Gasteiger partial charge in [0.2, 0.25) is 0 Å². The number of aliphatic imine (C=N–C) groups is 1. The van der Waals surface area contributed by atoms with E-state index >= 15 is 0 Å². The third-order valence-electron chi connectivity index (χ3n) is 4.00. The second-order valence-corrected chi connectivity index (χ2v) is 6.38. The molecule has 0 spiro atoms. The van der Waals surface area contributed by atoms with E-state index < -0.39 is 0 Å². The summed E-state index contributed by atoms with van der Waals surface area (Å²) in [5, 5.41) is 7.63. The summed E-state index contributed by atoms with van der Waals surface area (Å²) in [7, 11) is 5.98. The highest BCUT2D eigenvalue weighted by Gasteiger charge is 2.33. The molecule has 0 saturated heterocycles. The first-order chi connectivity index (χ1) is 10.0. The minimum Gasteiger partial charge on any atom is -0.354 e. The normalized spacial score (nSPS) is 23.0. The van der Waals surface area contributed by atoms with Gasteiger partial charge in [-0.25, -0.2) is 0 Å². The van der Waals surface area contributed by atoms with Crippen LogP contribution in [0.15, 0.2) is 29.3 Å². The molecule has 5 heteroatoms. The predicted molar refractivity (Wildman–Crippen MR) is 89.9 cm³/mol. The fourth-order valence-corrected chi connectivity index (χ4v) is 2.50. The topological polar surface area (TPSA) is 39.7 Å². The molecule has 0 bridgehead atoms. The fourth-order valence-electron chi connectivity index (χ4n) is 2.37. The molecule has 1 fully saturated rings. The summed E-state index contributed by atoms with van der Waals surface area (Å²) in [5.74, 6) is 1.63. The zero-order chi connectivity index (χ0) is 15.4. The van der Waals surface area contributed by atoms with Crippen molar-refractivity contribution in [2.75, 3.05) is 27.7 Å². The van der Waals surface area contributed by atoms with Crippen molar-refractivity contribution in [1.29, 1.82) is 0 Å². The van der Waals surface area contributed by atoms with E-state index in [9.17, 15) is 0 Å². The summed E-state index contributed by atoms with van der Waals surface area (Å²) in [4.78, 5) is 6.49. The van der Waals surface area contributed by atoms with Crippen LogP contribution in [0, 0.1) is 5.92 Å². The third kappa shape index (κ3) is 4.61. The number of guanidine groups is 1. The molecule has 0 aromatic heterocycles. The van der Waals surface area contributed by atoms with Crippen molar-refractivity contribution in [2.24, 2.45) is 10.9 Å². The van der Waals surface area contributed by atoms with Crippen LogP contribution in [0.4, 0.5) is 0 Å². The van der Waals surface area contributed by atoms with E-state index in [0.29, 0.717) is 6.04 Å². The molecule has 0 amide bonds. The van der Waals surface area contributed by atoms with Crippen molar-refractivity contribution in [3.63, 3.8) is 0 Å². The summed E-state index contributed by atoms with van der Waals surface area (Å²) in [6.45, 7) is 3.05. The summed E-state index contributed by atoms with van der Waals surface area (Å²) in [6, 6.07) is 8.88. The molecule has 2 N–H and O–H groups in total. The predicted octanol–water partition coefficient (Wildman–Crippen LogP) is 2.52. The second kappa shape index (κ2) is 7.14. The van der Waals surface area contributed by atoms with Crippen LogP contribution in [0.25, 0.3) is 0 Å². The lowest BCUT2D eigenvalue weighted by Crippen LogP contribution is -2.42. The SMILES string of the molecule is CN=C(NCC(c1ccc(Cl)cc1)N(C)C)NC1CC1C. The van der Waals surface area contributed by atoms with Gasteiger partial charge in [0.15, 0.2) is 5.96 Å². The highest BCUT2D eigenvalue weighted by atomic mass is 35.5.